The second kappa shape index (κ2) is 9.01. The Kier molecular flexibility index (Phi) is 6.32. The van der Waals surface area contributed by atoms with Crippen molar-refractivity contribution in [3.05, 3.63) is 41.3 Å². The number of benzene rings is 2. The van der Waals surface area contributed by atoms with Gasteiger partial charge in [0, 0.05) is 34.3 Å². The zero-order valence-corrected chi connectivity index (χ0v) is 19.4. The molecule has 0 saturated heterocycles. The Morgan fingerprint density at radius 2 is 1.91 bits per heavy atom. The van der Waals surface area contributed by atoms with E-state index in [-0.39, 0.29) is 5.75 Å². The molecule has 32 heavy (non-hydrogen) atoms. The SMILES string of the molecule is COc1cnc2c(-c3nc4cc(F)c(O[C@@H](C)[C@@H](C)OC(=O)Cl)cc4s3)cc(Cl)cc2n1. The zero-order valence-electron chi connectivity index (χ0n) is 17.1. The number of nitrogens with zero attached hydrogens (tertiary/aromatic N) is 3. The van der Waals surface area contributed by atoms with E-state index in [0.29, 0.717) is 42.7 Å². The van der Waals surface area contributed by atoms with Gasteiger partial charge in [0.1, 0.15) is 17.2 Å². The third kappa shape index (κ3) is 4.55. The van der Waals surface area contributed by atoms with Crippen molar-refractivity contribution in [3.8, 4) is 22.2 Å². The van der Waals surface area contributed by atoms with E-state index >= 15 is 0 Å². The van der Waals surface area contributed by atoms with Gasteiger partial charge in [-0.25, -0.2) is 24.1 Å². The molecule has 0 amide bonds. The lowest BCUT2D eigenvalue weighted by Crippen LogP contribution is -2.29. The van der Waals surface area contributed by atoms with E-state index in [1.165, 1.54) is 30.7 Å². The first-order chi connectivity index (χ1) is 15.2. The third-order valence-corrected chi connectivity index (χ3v) is 6.08. The molecule has 0 N–H and O–H groups in total. The minimum Gasteiger partial charge on any atom is -0.484 e. The summed E-state index contributed by atoms with van der Waals surface area (Å²) in [5.41, 5.74) is 1.32. The summed E-state index contributed by atoms with van der Waals surface area (Å²) in [6.07, 6.45) is 0.217. The van der Waals surface area contributed by atoms with Gasteiger partial charge in [-0.05, 0) is 26.0 Å². The molecule has 11 heteroatoms. The first kappa shape index (κ1) is 22.4. The molecule has 4 aromatic rings. The van der Waals surface area contributed by atoms with Crippen molar-refractivity contribution in [2.45, 2.75) is 26.1 Å². The summed E-state index contributed by atoms with van der Waals surface area (Å²) in [5.74, 6) is -0.216. The quantitative estimate of drug-likeness (QED) is 0.292. The van der Waals surface area contributed by atoms with Crippen LogP contribution in [-0.4, -0.2) is 39.7 Å². The van der Waals surface area contributed by atoms with Crippen molar-refractivity contribution >= 4 is 61.2 Å². The van der Waals surface area contributed by atoms with E-state index < -0.39 is 23.5 Å². The van der Waals surface area contributed by atoms with Crippen LogP contribution in [0, 0.1) is 5.82 Å². The lowest BCUT2D eigenvalue weighted by atomic mass is 10.2. The Bertz CT molecular complexity index is 1330. The third-order valence-electron chi connectivity index (χ3n) is 4.72. The van der Waals surface area contributed by atoms with Gasteiger partial charge in [-0.15, -0.1) is 11.3 Å². The molecule has 2 aromatic carbocycles. The molecular weight excluding hydrogens is 480 g/mol. The predicted octanol–water partition coefficient (Wildman–Crippen LogP) is 6.24. The smallest absolute Gasteiger partial charge is 0.404 e. The van der Waals surface area contributed by atoms with Gasteiger partial charge >= 0.3 is 5.43 Å². The molecule has 0 fully saturated rings. The van der Waals surface area contributed by atoms with Crippen molar-refractivity contribution in [2.24, 2.45) is 0 Å². The summed E-state index contributed by atoms with van der Waals surface area (Å²) in [6, 6.07) is 6.27. The van der Waals surface area contributed by atoms with Gasteiger partial charge in [0.15, 0.2) is 11.6 Å². The molecule has 0 aliphatic heterocycles. The highest BCUT2D eigenvalue weighted by atomic mass is 35.5. The Morgan fingerprint density at radius 3 is 2.62 bits per heavy atom. The molecule has 2 heterocycles. The molecule has 0 bridgehead atoms. The van der Waals surface area contributed by atoms with E-state index in [0.717, 1.165) is 0 Å². The van der Waals surface area contributed by atoms with Crippen LogP contribution in [0.5, 0.6) is 11.6 Å². The van der Waals surface area contributed by atoms with Crippen molar-refractivity contribution in [1.82, 2.24) is 15.0 Å². The molecule has 7 nitrogen and oxygen atoms in total. The molecule has 2 aromatic heterocycles. The number of carbonyl (C=O) groups excluding carboxylic acids is 1. The number of rotatable bonds is 6. The summed E-state index contributed by atoms with van der Waals surface area (Å²) in [7, 11) is 1.50. The summed E-state index contributed by atoms with van der Waals surface area (Å²) in [4.78, 5) is 24.3. The number of fused-ring (bicyclic) bond motifs is 2. The number of halogens is 3. The summed E-state index contributed by atoms with van der Waals surface area (Å²) in [6.45, 7) is 3.25. The number of ether oxygens (including phenoxy) is 3. The normalized spacial score (nSPS) is 13.2. The highest BCUT2D eigenvalue weighted by Crippen LogP contribution is 2.38. The van der Waals surface area contributed by atoms with Gasteiger partial charge < -0.3 is 14.2 Å². The van der Waals surface area contributed by atoms with Crippen LogP contribution in [0.3, 0.4) is 0 Å². The second-order valence-corrected chi connectivity index (χ2v) is 8.66. The number of hydrogen-bond donors (Lipinski definition) is 0. The number of aromatic nitrogens is 3. The molecule has 0 unspecified atom stereocenters. The van der Waals surface area contributed by atoms with E-state index in [1.54, 1.807) is 32.0 Å². The fourth-order valence-corrected chi connectivity index (χ4v) is 4.35. The Labute approximate surface area is 196 Å². The van der Waals surface area contributed by atoms with Gasteiger partial charge in [-0.1, -0.05) is 11.6 Å². The second-order valence-electron chi connectivity index (χ2n) is 6.89. The van der Waals surface area contributed by atoms with Crippen molar-refractivity contribution < 1.29 is 23.4 Å². The summed E-state index contributed by atoms with van der Waals surface area (Å²) >= 11 is 12.9. The Morgan fingerprint density at radius 1 is 1.12 bits per heavy atom. The topological polar surface area (TPSA) is 83.4 Å². The summed E-state index contributed by atoms with van der Waals surface area (Å²) < 4.78 is 31.0. The maximum absolute atomic E-state index is 14.7. The highest BCUT2D eigenvalue weighted by Gasteiger charge is 2.21. The fraction of sp³-hybridized carbons (Fsp3) is 0.238. The van der Waals surface area contributed by atoms with Gasteiger partial charge in [-0.2, -0.15) is 0 Å². The first-order valence-corrected chi connectivity index (χ1v) is 11.0. The van der Waals surface area contributed by atoms with Crippen molar-refractivity contribution in [2.75, 3.05) is 7.11 Å². The minimum absolute atomic E-state index is 0.0122. The number of carbonyl (C=O) groups is 1. The van der Waals surface area contributed by atoms with Crippen LogP contribution in [0.15, 0.2) is 30.5 Å². The van der Waals surface area contributed by atoms with Crippen LogP contribution < -0.4 is 9.47 Å². The zero-order chi connectivity index (χ0) is 23.0. The molecule has 0 aliphatic rings. The van der Waals surface area contributed by atoms with E-state index in [4.69, 9.17) is 37.4 Å². The number of thiazole rings is 1. The molecule has 0 aliphatic carbocycles. The maximum Gasteiger partial charge on any atom is 0.404 e. The van der Waals surface area contributed by atoms with E-state index in [1.807, 2.05) is 0 Å². The average molecular weight is 496 g/mol. The minimum atomic E-state index is -0.953. The molecule has 2 atom stereocenters. The van der Waals surface area contributed by atoms with Crippen LogP contribution >= 0.6 is 34.5 Å². The molecule has 166 valence electrons. The highest BCUT2D eigenvalue weighted by molar-refractivity contribution is 7.21. The van der Waals surface area contributed by atoms with E-state index in [9.17, 15) is 9.18 Å². The standard InChI is InChI=1S/C21H16Cl2FN3O4S/c1-9(10(2)31-21(23)28)30-16-7-17-14(6-13(16)24)27-20(32-17)12-4-11(22)5-15-19(12)25-8-18(26-15)29-3/h4-10H,1-3H3/t9-,10+/m0/s1. The summed E-state index contributed by atoms with van der Waals surface area (Å²) in [5, 5.41) is 1.06. The fourth-order valence-electron chi connectivity index (χ4n) is 3.01. The Hall–Kier alpha value is -2.75. The lowest BCUT2D eigenvalue weighted by molar-refractivity contribution is 0.0457. The molecule has 0 spiro atoms. The average Bonchev–Trinajstić information content (AvgIpc) is 3.14. The molecular formula is C21H16Cl2FN3O4S. The van der Waals surface area contributed by atoms with Crippen LogP contribution in [0.1, 0.15) is 13.8 Å². The lowest BCUT2D eigenvalue weighted by Gasteiger charge is -2.20. The van der Waals surface area contributed by atoms with Gasteiger partial charge in [0.05, 0.1) is 34.6 Å². The van der Waals surface area contributed by atoms with Gasteiger partial charge in [0.25, 0.3) is 0 Å². The Balaban J connectivity index is 1.73. The molecule has 0 saturated carbocycles. The predicted molar refractivity (Wildman–Crippen MR) is 122 cm³/mol. The maximum atomic E-state index is 14.7. The number of methoxy groups -OCH3 is 1. The van der Waals surface area contributed by atoms with Gasteiger partial charge in [0.2, 0.25) is 5.88 Å². The van der Waals surface area contributed by atoms with Crippen LogP contribution in [0.4, 0.5) is 9.18 Å². The van der Waals surface area contributed by atoms with E-state index in [2.05, 4.69) is 15.0 Å². The monoisotopic (exact) mass is 495 g/mol. The van der Waals surface area contributed by atoms with Crippen molar-refractivity contribution in [3.63, 3.8) is 0 Å². The largest absolute Gasteiger partial charge is 0.484 e. The van der Waals surface area contributed by atoms with Gasteiger partial charge in [-0.3, -0.25) is 0 Å². The van der Waals surface area contributed by atoms with Crippen molar-refractivity contribution in [1.29, 1.82) is 0 Å². The van der Waals surface area contributed by atoms with Crippen LogP contribution in [-0.2, 0) is 4.74 Å². The molecule has 4 rings (SSSR count). The van der Waals surface area contributed by atoms with Crippen LogP contribution in [0.2, 0.25) is 5.02 Å². The van der Waals surface area contributed by atoms with Crippen LogP contribution in [0.25, 0.3) is 31.8 Å². The first-order valence-electron chi connectivity index (χ1n) is 9.38. The number of hydrogen-bond acceptors (Lipinski definition) is 8. The molecule has 0 radical (unpaired) electrons.